The fraction of sp³-hybridized carbons (Fsp3) is 0.125. The molecule has 0 saturated heterocycles. The molecule has 0 bridgehead atoms. The number of hydrogen-bond donors (Lipinski definition) is 3. The summed E-state index contributed by atoms with van der Waals surface area (Å²) in [7, 11) is 1.49. The van der Waals surface area contributed by atoms with Crippen molar-refractivity contribution in [1.29, 1.82) is 0 Å². The zero-order valence-electron chi connectivity index (χ0n) is 13.1. The van der Waals surface area contributed by atoms with Gasteiger partial charge < -0.3 is 16.0 Å². The summed E-state index contributed by atoms with van der Waals surface area (Å²) in [6.07, 6.45) is 0. The lowest BCUT2D eigenvalue weighted by molar-refractivity contribution is -0.385. The van der Waals surface area contributed by atoms with E-state index < -0.39 is 10.8 Å². The smallest absolute Gasteiger partial charge is 0.318 e. The summed E-state index contributed by atoms with van der Waals surface area (Å²) < 4.78 is 0. The summed E-state index contributed by atoms with van der Waals surface area (Å²) >= 11 is 0. The summed E-state index contributed by atoms with van der Waals surface area (Å²) in [5.74, 6) is -0.477. The standard InChI is InChI=1S/C16H16N4O4/c1-10-6-7-11(8-14(10)20(23)24)15(21)18-12-4-3-5-13(9-12)19-16(22)17-2/h3-9H,1-2H3,(H,18,21)(H2,17,19,22). The van der Waals surface area contributed by atoms with Gasteiger partial charge in [-0.05, 0) is 31.2 Å². The molecule has 8 nitrogen and oxygen atoms in total. The monoisotopic (exact) mass is 328 g/mol. The Hall–Kier alpha value is -3.42. The van der Waals surface area contributed by atoms with Crippen LogP contribution in [0.5, 0.6) is 0 Å². The second-order valence-electron chi connectivity index (χ2n) is 5.00. The molecule has 0 aromatic heterocycles. The van der Waals surface area contributed by atoms with Crippen LogP contribution in [-0.2, 0) is 0 Å². The van der Waals surface area contributed by atoms with Crippen molar-refractivity contribution >= 4 is 29.0 Å². The van der Waals surface area contributed by atoms with Gasteiger partial charge in [0.15, 0.2) is 0 Å². The predicted molar refractivity (Wildman–Crippen MR) is 90.3 cm³/mol. The number of nitro groups is 1. The van der Waals surface area contributed by atoms with E-state index in [1.54, 1.807) is 31.2 Å². The highest BCUT2D eigenvalue weighted by Gasteiger charge is 2.15. The minimum Gasteiger partial charge on any atom is -0.341 e. The van der Waals surface area contributed by atoms with Gasteiger partial charge in [-0.2, -0.15) is 0 Å². The first-order chi connectivity index (χ1) is 11.4. The number of anilines is 2. The lowest BCUT2D eigenvalue weighted by Crippen LogP contribution is -2.24. The number of hydrogen-bond acceptors (Lipinski definition) is 4. The first kappa shape index (κ1) is 16.9. The Balaban J connectivity index is 2.18. The van der Waals surface area contributed by atoms with Gasteiger partial charge in [-0.3, -0.25) is 14.9 Å². The van der Waals surface area contributed by atoms with Crippen LogP contribution in [0.15, 0.2) is 42.5 Å². The summed E-state index contributed by atoms with van der Waals surface area (Å²) in [5, 5.41) is 18.6. The minimum absolute atomic E-state index is 0.113. The Bertz CT molecular complexity index is 804. The maximum atomic E-state index is 12.3. The van der Waals surface area contributed by atoms with Gasteiger partial charge in [0.2, 0.25) is 0 Å². The molecule has 2 aromatic carbocycles. The predicted octanol–water partition coefficient (Wildman–Crippen LogP) is 2.91. The fourth-order valence-electron chi connectivity index (χ4n) is 2.02. The van der Waals surface area contributed by atoms with Crippen LogP contribution in [0.2, 0.25) is 0 Å². The molecule has 0 saturated carbocycles. The average molecular weight is 328 g/mol. The largest absolute Gasteiger partial charge is 0.341 e. The van der Waals surface area contributed by atoms with Crippen LogP contribution in [0, 0.1) is 17.0 Å². The molecule has 0 heterocycles. The molecule has 3 amide bonds. The zero-order valence-corrected chi connectivity index (χ0v) is 13.1. The summed E-state index contributed by atoms with van der Waals surface area (Å²) in [6.45, 7) is 1.60. The van der Waals surface area contributed by atoms with Crippen LogP contribution < -0.4 is 16.0 Å². The molecule has 0 aliphatic carbocycles. The van der Waals surface area contributed by atoms with Gasteiger partial charge in [-0.15, -0.1) is 0 Å². The van der Waals surface area contributed by atoms with Crippen molar-refractivity contribution in [1.82, 2.24) is 5.32 Å². The van der Waals surface area contributed by atoms with E-state index in [2.05, 4.69) is 16.0 Å². The van der Waals surface area contributed by atoms with Crippen molar-refractivity contribution in [2.45, 2.75) is 6.92 Å². The van der Waals surface area contributed by atoms with Gasteiger partial charge in [-0.25, -0.2) is 4.79 Å². The van der Waals surface area contributed by atoms with Crippen LogP contribution in [0.1, 0.15) is 15.9 Å². The van der Waals surface area contributed by atoms with Crippen molar-refractivity contribution in [3.8, 4) is 0 Å². The van der Waals surface area contributed by atoms with Gasteiger partial charge in [0.25, 0.3) is 11.6 Å². The third kappa shape index (κ3) is 4.07. The minimum atomic E-state index is -0.528. The van der Waals surface area contributed by atoms with Gasteiger partial charge in [0.1, 0.15) is 0 Å². The fourth-order valence-corrected chi connectivity index (χ4v) is 2.02. The first-order valence-electron chi connectivity index (χ1n) is 7.06. The Labute approximate surface area is 138 Å². The molecule has 8 heteroatoms. The Morgan fingerprint density at radius 1 is 1.04 bits per heavy atom. The average Bonchev–Trinajstić information content (AvgIpc) is 2.55. The van der Waals surface area contributed by atoms with Gasteiger partial charge >= 0.3 is 6.03 Å². The first-order valence-corrected chi connectivity index (χ1v) is 7.06. The van der Waals surface area contributed by atoms with E-state index in [1.165, 1.54) is 25.2 Å². The highest BCUT2D eigenvalue weighted by Crippen LogP contribution is 2.21. The van der Waals surface area contributed by atoms with E-state index in [9.17, 15) is 19.7 Å². The Kier molecular flexibility index (Phi) is 5.10. The number of nitro benzene ring substituents is 1. The van der Waals surface area contributed by atoms with Gasteiger partial charge in [0.05, 0.1) is 4.92 Å². The maximum absolute atomic E-state index is 12.3. The second-order valence-corrected chi connectivity index (χ2v) is 5.00. The molecule has 3 N–H and O–H groups in total. The summed E-state index contributed by atoms with van der Waals surface area (Å²) in [6, 6.07) is 10.5. The van der Waals surface area contributed by atoms with E-state index in [0.29, 0.717) is 16.9 Å². The molecule has 0 aliphatic heterocycles. The maximum Gasteiger partial charge on any atom is 0.318 e. The molecule has 0 spiro atoms. The highest BCUT2D eigenvalue weighted by atomic mass is 16.6. The SMILES string of the molecule is CNC(=O)Nc1cccc(NC(=O)c2ccc(C)c([N+](=O)[O-])c2)c1. The number of carbonyl (C=O) groups is 2. The molecule has 0 radical (unpaired) electrons. The molecular formula is C16H16N4O4. The summed E-state index contributed by atoms with van der Waals surface area (Å²) in [4.78, 5) is 34.0. The molecule has 2 aromatic rings. The molecule has 0 aliphatic rings. The van der Waals surface area contributed by atoms with Crippen LogP contribution in [-0.4, -0.2) is 23.9 Å². The van der Waals surface area contributed by atoms with Crippen molar-refractivity contribution in [2.24, 2.45) is 0 Å². The van der Waals surface area contributed by atoms with Crippen molar-refractivity contribution in [3.05, 3.63) is 63.7 Å². The molecule has 0 fully saturated rings. The van der Waals surface area contributed by atoms with E-state index in [1.807, 2.05) is 0 Å². The molecular weight excluding hydrogens is 312 g/mol. The number of aryl methyl sites for hydroxylation is 1. The number of amides is 3. The number of nitrogens with zero attached hydrogens (tertiary/aromatic N) is 1. The number of rotatable bonds is 4. The van der Waals surface area contributed by atoms with Gasteiger partial charge in [-0.1, -0.05) is 12.1 Å². The number of nitrogens with one attached hydrogen (secondary N) is 3. The van der Waals surface area contributed by atoms with Gasteiger partial charge in [0, 0.05) is 35.6 Å². The van der Waals surface area contributed by atoms with E-state index in [0.717, 1.165) is 0 Å². The van der Waals surface area contributed by atoms with E-state index in [4.69, 9.17) is 0 Å². The zero-order chi connectivity index (χ0) is 17.7. The quantitative estimate of drug-likeness (QED) is 0.591. The van der Waals surface area contributed by atoms with E-state index >= 15 is 0 Å². The van der Waals surface area contributed by atoms with Crippen LogP contribution in [0.3, 0.4) is 0 Å². The topological polar surface area (TPSA) is 113 Å². The Morgan fingerprint density at radius 2 is 1.71 bits per heavy atom. The normalized spacial score (nSPS) is 9.92. The molecule has 24 heavy (non-hydrogen) atoms. The third-order valence-corrected chi connectivity index (χ3v) is 3.27. The number of benzene rings is 2. The molecule has 0 unspecified atom stereocenters. The third-order valence-electron chi connectivity index (χ3n) is 3.27. The van der Waals surface area contributed by atoms with Crippen LogP contribution in [0.4, 0.5) is 21.9 Å². The van der Waals surface area contributed by atoms with Crippen molar-refractivity contribution in [3.63, 3.8) is 0 Å². The highest BCUT2D eigenvalue weighted by molar-refractivity contribution is 6.05. The molecule has 2 rings (SSSR count). The summed E-state index contributed by atoms with van der Waals surface area (Å²) in [5.41, 5.74) is 1.50. The van der Waals surface area contributed by atoms with E-state index in [-0.39, 0.29) is 17.3 Å². The van der Waals surface area contributed by atoms with Crippen molar-refractivity contribution in [2.75, 3.05) is 17.7 Å². The molecule has 0 atom stereocenters. The lowest BCUT2D eigenvalue weighted by atomic mass is 10.1. The second kappa shape index (κ2) is 7.23. The number of urea groups is 1. The van der Waals surface area contributed by atoms with Crippen LogP contribution in [0.25, 0.3) is 0 Å². The molecule has 124 valence electrons. The Morgan fingerprint density at radius 3 is 2.33 bits per heavy atom. The van der Waals surface area contributed by atoms with Crippen molar-refractivity contribution < 1.29 is 14.5 Å². The number of carbonyl (C=O) groups excluding carboxylic acids is 2. The van der Waals surface area contributed by atoms with Crippen LogP contribution >= 0.6 is 0 Å². The lowest BCUT2D eigenvalue weighted by Gasteiger charge is -2.09.